The lowest BCUT2D eigenvalue weighted by Crippen LogP contribution is -2.34. The van der Waals surface area contributed by atoms with E-state index in [2.05, 4.69) is 20.7 Å². The van der Waals surface area contributed by atoms with E-state index in [1.165, 1.54) is 7.11 Å². The Morgan fingerprint density at radius 3 is 3.00 bits per heavy atom. The number of benzene rings is 1. The average molecular weight is 285 g/mol. The van der Waals surface area contributed by atoms with E-state index >= 15 is 0 Å². The smallest absolute Gasteiger partial charge is 0.347 e. The van der Waals surface area contributed by atoms with Crippen molar-refractivity contribution in [2.24, 2.45) is 0 Å². The fraction of sp³-hybridized carbons (Fsp3) is 0.273. The number of halogens is 1. The van der Waals surface area contributed by atoms with Gasteiger partial charge in [0.15, 0.2) is 5.78 Å². The van der Waals surface area contributed by atoms with Crippen molar-refractivity contribution >= 4 is 27.7 Å². The number of ether oxygens (including phenoxy) is 2. The molecule has 0 saturated heterocycles. The van der Waals surface area contributed by atoms with E-state index in [1.54, 1.807) is 18.2 Å². The van der Waals surface area contributed by atoms with Gasteiger partial charge in [-0.15, -0.1) is 0 Å². The molecule has 0 aliphatic carbocycles. The monoisotopic (exact) mass is 284 g/mol. The van der Waals surface area contributed by atoms with Gasteiger partial charge in [0.05, 0.1) is 19.1 Å². The second-order valence-corrected chi connectivity index (χ2v) is 4.31. The average Bonchev–Trinajstić information content (AvgIpc) is 2.28. The first kappa shape index (κ1) is 11.1. The molecule has 4 nitrogen and oxygen atoms in total. The number of esters is 1. The number of fused-ring (bicyclic) bond motifs is 1. The molecule has 0 fully saturated rings. The predicted octanol–water partition coefficient (Wildman–Crippen LogP) is 1.96. The number of Topliss-reactive ketones (excluding diaryl/α,β-unsaturated/α-hetero) is 1. The van der Waals surface area contributed by atoms with Crippen LogP contribution in [0.1, 0.15) is 16.8 Å². The molecule has 1 aliphatic heterocycles. The molecule has 5 heteroatoms. The van der Waals surface area contributed by atoms with Crippen molar-refractivity contribution in [2.75, 3.05) is 7.11 Å². The summed E-state index contributed by atoms with van der Waals surface area (Å²) in [5.41, 5.74) is 0.495. The van der Waals surface area contributed by atoms with Crippen LogP contribution in [-0.4, -0.2) is 25.0 Å². The minimum atomic E-state index is -0.828. The van der Waals surface area contributed by atoms with Crippen molar-refractivity contribution in [1.29, 1.82) is 0 Å². The van der Waals surface area contributed by atoms with E-state index in [0.29, 0.717) is 11.3 Å². The molecule has 0 unspecified atom stereocenters. The van der Waals surface area contributed by atoms with Crippen molar-refractivity contribution in [3.63, 3.8) is 0 Å². The maximum atomic E-state index is 11.8. The minimum absolute atomic E-state index is 0.0239. The van der Waals surface area contributed by atoms with E-state index in [4.69, 9.17) is 4.74 Å². The van der Waals surface area contributed by atoms with E-state index in [9.17, 15) is 9.59 Å². The van der Waals surface area contributed by atoms with Gasteiger partial charge in [-0.25, -0.2) is 4.79 Å². The van der Waals surface area contributed by atoms with Gasteiger partial charge in [0.1, 0.15) is 5.75 Å². The van der Waals surface area contributed by atoms with Gasteiger partial charge in [-0.1, -0.05) is 15.9 Å². The van der Waals surface area contributed by atoms with Crippen LogP contribution in [-0.2, 0) is 9.53 Å². The molecule has 0 bridgehead atoms. The summed E-state index contributed by atoms with van der Waals surface area (Å²) >= 11 is 3.28. The zero-order valence-electron chi connectivity index (χ0n) is 8.53. The summed E-state index contributed by atoms with van der Waals surface area (Å²) in [6, 6.07) is 5.10. The van der Waals surface area contributed by atoms with Crippen LogP contribution < -0.4 is 4.74 Å². The van der Waals surface area contributed by atoms with Crippen LogP contribution in [0.3, 0.4) is 0 Å². The minimum Gasteiger partial charge on any atom is -0.477 e. The summed E-state index contributed by atoms with van der Waals surface area (Å²) in [6.45, 7) is 0. The zero-order valence-corrected chi connectivity index (χ0v) is 10.1. The quantitative estimate of drug-likeness (QED) is 0.740. The number of hydrogen-bond acceptors (Lipinski definition) is 4. The van der Waals surface area contributed by atoms with E-state index in [1.807, 2.05) is 0 Å². The number of rotatable bonds is 1. The van der Waals surface area contributed by atoms with Gasteiger partial charge >= 0.3 is 5.97 Å². The molecular formula is C11H9BrO4. The molecule has 0 radical (unpaired) electrons. The molecule has 1 aliphatic rings. The lowest BCUT2D eigenvalue weighted by Gasteiger charge is -2.23. The molecule has 1 aromatic carbocycles. The molecule has 0 saturated carbocycles. The van der Waals surface area contributed by atoms with Crippen LogP contribution in [0.2, 0.25) is 0 Å². The predicted molar refractivity (Wildman–Crippen MR) is 59.5 cm³/mol. The first-order valence-electron chi connectivity index (χ1n) is 4.69. The molecule has 0 spiro atoms. The Labute approximate surface area is 101 Å². The van der Waals surface area contributed by atoms with Crippen LogP contribution in [0, 0.1) is 0 Å². The third-order valence-corrected chi connectivity index (χ3v) is 2.84. The summed E-state index contributed by atoms with van der Waals surface area (Å²) in [6.07, 6.45) is -0.804. The molecule has 0 amide bonds. The molecule has 0 N–H and O–H groups in total. The highest BCUT2D eigenvalue weighted by Gasteiger charge is 2.32. The third-order valence-electron chi connectivity index (χ3n) is 2.35. The van der Waals surface area contributed by atoms with Gasteiger partial charge in [-0.3, -0.25) is 4.79 Å². The zero-order chi connectivity index (χ0) is 11.7. The standard InChI is InChI=1S/C11H9BrO4/c1-15-11(14)10-5-8(13)7-4-6(12)2-3-9(7)16-10/h2-4,10H,5H2,1H3/t10-/m0/s1. The van der Waals surface area contributed by atoms with Crippen molar-refractivity contribution in [2.45, 2.75) is 12.5 Å². The SMILES string of the molecule is COC(=O)[C@@H]1CC(=O)c2cc(Br)ccc2O1. The van der Waals surface area contributed by atoms with Gasteiger partial charge in [0.25, 0.3) is 0 Å². The van der Waals surface area contributed by atoms with E-state index in [0.717, 1.165) is 4.47 Å². The van der Waals surface area contributed by atoms with Crippen molar-refractivity contribution in [1.82, 2.24) is 0 Å². The third kappa shape index (κ3) is 1.95. The van der Waals surface area contributed by atoms with Gasteiger partial charge in [0.2, 0.25) is 6.10 Å². The van der Waals surface area contributed by atoms with E-state index < -0.39 is 12.1 Å². The number of hydrogen-bond donors (Lipinski definition) is 0. The second-order valence-electron chi connectivity index (χ2n) is 3.40. The van der Waals surface area contributed by atoms with Gasteiger partial charge in [-0.2, -0.15) is 0 Å². The fourth-order valence-corrected chi connectivity index (χ4v) is 1.92. The number of carbonyl (C=O) groups excluding carboxylic acids is 2. The lowest BCUT2D eigenvalue weighted by molar-refractivity contribution is -0.148. The fourth-order valence-electron chi connectivity index (χ4n) is 1.56. The van der Waals surface area contributed by atoms with Crippen LogP contribution in [0.5, 0.6) is 5.75 Å². The molecule has 2 rings (SSSR count). The first-order chi connectivity index (χ1) is 7.61. The molecule has 1 heterocycles. The molecule has 84 valence electrons. The summed E-state index contributed by atoms with van der Waals surface area (Å²) in [4.78, 5) is 23.0. The van der Waals surface area contributed by atoms with Crippen molar-refractivity contribution in [3.05, 3.63) is 28.2 Å². The molecule has 0 aromatic heterocycles. The maximum absolute atomic E-state index is 11.8. The molecular weight excluding hydrogens is 276 g/mol. The molecule has 1 atom stereocenters. The van der Waals surface area contributed by atoms with E-state index in [-0.39, 0.29) is 12.2 Å². The summed E-state index contributed by atoms with van der Waals surface area (Å²) in [7, 11) is 1.27. The topological polar surface area (TPSA) is 52.6 Å². The molecule has 16 heavy (non-hydrogen) atoms. The van der Waals surface area contributed by atoms with Gasteiger partial charge in [0, 0.05) is 4.47 Å². The Morgan fingerprint density at radius 1 is 1.56 bits per heavy atom. The Morgan fingerprint density at radius 2 is 2.31 bits per heavy atom. The Bertz CT molecular complexity index is 455. The lowest BCUT2D eigenvalue weighted by atomic mass is 10.0. The highest BCUT2D eigenvalue weighted by molar-refractivity contribution is 9.10. The molecule has 1 aromatic rings. The normalized spacial score (nSPS) is 18.6. The van der Waals surface area contributed by atoms with Crippen LogP contribution >= 0.6 is 15.9 Å². The number of ketones is 1. The Balaban J connectivity index is 2.33. The maximum Gasteiger partial charge on any atom is 0.347 e. The van der Waals surface area contributed by atoms with Crippen molar-refractivity contribution < 1.29 is 19.1 Å². The Hall–Kier alpha value is -1.36. The number of carbonyl (C=O) groups is 2. The van der Waals surface area contributed by atoms with Crippen molar-refractivity contribution in [3.8, 4) is 5.75 Å². The number of methoxy groups -OCH3 is 1. The second kappa shape index (κ2) is 4.25. The van der Waals surface area contributed by atoms with Crippen LogP contribution in [0.15, 0.2) is 22.7 Å². The van der Waals surface area contributed by atoms with Gasteiger partial charge in [-0.05, 0) is 18.2 Å². The largest absolute Gasteiger partial charge is 0.477 e. The Kier molecular flexibility index (Phi) is 2.96. The highest BCUT2D eigenvalue weighted by atomic mass is 79.9. The summed E-state index contributed by atoms with van der Waals surface area (Å²) in [5, 5.41) is 0. The highest BCUT2D eigenvalue weighted by Crippen LogP contribution is 2.30. The van der Waals surface area contributed by atoms with Crippen LogP contribution in [0.4, 0.5) is 0 Å². The van der Waals surface area contributed by atoms with Gasteiger partial charge < -0.3 is 9.47 Å². The summed E-state index contributed by atoms with van der Waals surface area (Å²) in [5.74, 6) is -0.213. The first-order valence-corrected chi connectivity index (χ1v) is 5.48. The van der Waals surface area contributed by atoms with Crippen LogP contribution in [0.25, 0.3) is 0 Å². The summed E-state index contributed by atoms with van der Waals surface area (Å²) < 4.78 is 10.8.